The highest BCUT2D eigenvalue weighted by Gasteiger charge is 2.12. The molecular formula is C20H37IN4O2. The van der Waals surface area contributed by atoms with Crippen LogP contribution in [0, 0.1) is 0 Å². The van der Waals surface area contributed by atoms with Crippen LogP contribution in [-0.4, -0.2) is 56.8 Å². The van der Waals surface area contributed by atoms with Crippen molar-refractivity contribution >= 4 is 29.9 Å². The molecule has 2 N–H and O–H groups in total. The molecule has 0 bridgehead atoms. The zero-order chi connectivity index (χ0) is 19.6. The second kappa shape index (κ2) is 13.0. The summed E-state index contributed by atoms with van der Waals surface area (Å²) in [6.45, 7) is 14.9. The minimum atomic E-state index is -0.0396. The number of nitrogens with one attached hydrogen (secondary N) is 2. The molecule has 0 aliphatic carbocycles. The van der Waals surface area contributed by atoms with Gasteiger partial charge in [-0.1, -0.05) is 19.9 Å². The van der Waals surface area contributed by atoms with Gasteiger partial charge in [0, 0.05) is 25.7 Å². The fourth-order valence-electron chi connectivity index (χ4n) is 2.49. The summed E-state index contributed by atoms with van der Waals surface area (Å²) in [6, 6.07) is 6.02. The maximum absolute atomic E-state index is 5.91. The Balaban J connectivity index is 0.00000676. The van der Waals surface area contributed by atoms with Crippen molar-refractivity contribution in [3.05, 3.63) is 23.8 Å². The van der Waals surface area contributed by atoms with E-state index in [1.54, 1.807) is 14.2 Å². The number of hydrogen-bond donors (Lipinski definition) is 2. The van der Waals surface area contributed by atoms with Crippen molar-refractivity contribution in [2.45, 2.75) is 46.7 Å². The second-order valence-corrected chi connectivity index (χ2v) is 7.16. The van der Waals surface area contributed by atoms with Crippen molar-refractivity contribution in [3.8, 4) is 11.5 Å². The molecule has 0 radical (unpaired) electrons. The van der Waals surface area contributed by atoms with Crippen LogP contribution in [0.3, 0.4) is 0 Å². The predicted molar refractivity (Wildman–Crippen MR) is 125 cm³/mol. The molecule has 1 rings (SSSR count). The number of halogens is 1. The van der Waals surface area contributed by atoms with Gasteiger partial charge in [0.2, 0.25) is 0 Å². The van der Waals surface area contributed by atoms with E-state index in [1.165, 1.54) is 0 Å². The summed E-state index contributed by atoms with van der Waals surface area (Å²) in [6.07, 6.45) is 0. The quantitative estimate of drug-likeness (QED) is 0.314. The minimum Gasteiger partial charge on any atom is -0.493 e. The number of ether oxygens (including phenoxy) is 2. The normalized spacial score (nSPS) is 11.8. The van der Waals surface area contributed by atoms with Gasteiger partial charge < -0.3 is 25.0 Å². The summed E-state index contributed by atoms with van der Waals surface area (Å²) in [7, 11) is 3.44. The maximum Gasteiger partial charge on any atom is 0.191 e. The fourth-order valence-corrected chi connectivity index (χ4v) is 2.49. The lowest BCUT2D eigenvalue weighted by Gasteiger charge is -2.24. The van der Waals surface area contributed by atoms with E-state index in [1.807, 2.05) is 18.2 Å². The van der Waals surface area contributed by atoms with Crippen LogP contribution in [0.4, 0.5) is 0 Å². The van der Waals surface area contributed by atoms with Crippen LogP contribution < -0.4 is 20.1 Å². The summed E-state index contributed by atoms with van der Waals surface area (Å²) in [5, 5.41) is 6.67. The van der Waals surface area contributed by atoms with E-state index in [4.69, 9.17) is 9.47 Å². The molecule has 1 aromatic carbocycles. The molecule has 0 unspecified atom stereocenters. The predicted octanol–water partition coefficient (Wildman–Crippen LogP) is 3.50. The van der Waals surface area contributed by atoms with Crippen molar-refractivity contribution in [1.29, 1.82) is 0 Å². The van der Waals surface area contributed by atoms with Gasteiger partial charge in [0.05, 0.1) is 7.11 Å². The van der Waals surface area contributed by atoms with Gasteiger partial charge in [-0.3, -0.25) is 4.99 Å². The van der Waals surface area contributed by atoms with E-state index in [0.717, 1.165) is 42.7 Å². The van der Waals surface area contributed by atoms with Gasteiger partial charge in [-0.15, -0.1) is 24.0 Å². The maximum atomic E-state index is 5.91. The number of methoxy groups -OCH3 is 1. The summed E-state index contributed by atoms with van der Waals surface area (Å²) < 4.78 is 11.4. The summed E-state index contributed by atoms with van der Waals surface area (Å²) in [5.41, 5.74) is 1.07. The van der Waals surface area contributed by atoms with Crippen molar-refractivity contribution in [2.24, 2.45) is 4.99 Å². The highest BCUT2D eigenvalue weighted by Crippen LogP contribution is 2.28. The van der Waals surface area contributed by atoms with Gasteiger partial charge in [-0.05, 0) is 51.6 Å². The summed E-state index contributed by atoms with van der Waals surface area (Å²) in [4.78, 5) is 6.59. The fraction of sp³-hybridized carbons (Fsp3) is 0.650. The zero-order valence-electron chi connectivity index (χ0n) is 17.9. The molecule has 0 aliphatic rings. The number of likely N-dealkylation sites (N-methyl/N-ethyl adjacent to an activating group) is 1. The number of hydrogen-bond acceptors (Lipinski definition) is 4. The third kappa shape index (κ3) is 10.0. The standard InChI is InChI=1S/C20H36N4O2.HI/c1-8-24(9-2)12-13-26-17-11-10-16(14-18(17)25-7)15-22-19(21-6)23-20(3,4)5;/h10-11,14H,8-9,12-13,15H2,1-7H3,(H2,21,22,23);1H. The van der Waals surface area contributed by atoms with E-state index >= 15 is 0 Å². The van der Waals surface area contributed by atoms with Crippen molar-refractivity contribution in [1.82, 2.24) is 15.5 Å². The molecule has 0 fully saturated rings. The Bertz CT molecular complexity index is 570. The van der Waals surface area contributed by atoms with E-state index in [0.29, 0.717) is 13.2 Å². The van der Waals surface area contributed by atoms with Crippen LogP contribution in [0.25, 0.3) is 0 Å². The minimum absolute atomic E-state index is 0. The monoisotopic (exact) mass is 492 g/mol. The van der Waals surface area contributed by atoms with Crippen LogP contribution in [0.2, 0.25) is 0 Å². The lowest BCUT2D eigenvalue weighted by Crippen LogP contribution is -2.47. The highest BCUT2D eigenvalue weighted by atomic mass is 127. The van der Waals surface area contributed by atoms with Crippen molar-refractivity contribution in [2.75, 3.05) is 40.4 Å². The first kappa shape index (κ1) is 25.8. The topological polar surface area (TPSA) is 58.1 Å². The largest absolute Gasteiger partial charge is 0.493 e. The van der Waals surface area contributed by atoms with E-state index < -0.39 is 0 Å². The molecule has 7 heteroatoms. The van der Waals surface area contributed by atoms with Crippen molar-refractivity contribution < 1.29 is 9.47 Å². The molecule has 0 aromatic heterocycles. The van der Waals surface area contributed by atoms with Crippen LogP contribution in [0.1, 0.15) is 40.2 Å². The molecular weight excluding hydrogens is 455 g/mol. The smallest absolute Gasteiger partial charge is 0.191 e. The molecule has 27 heavy (non-hydrogen) atoms. The second-order valence-electron chi connectivity index (χ2n) is 7.16. The van der Waals surface area contributed by atoms with Crippen LogP contribution in [0.15, 0.2) is 23.2 Å². The number of guanidine groups is 1. The Labute approximate surface area is 182 Å². The Kier molecular flexibility index (Phi) is 12.5. The zero-order valence-corrected chi connectivity index (χ0v) is 20.2. The molecule has 1 aromatic rings. The van der Waals surface area contributed by atoms with Gasteiger partial charge in [-0.2, -0.15) is 0 Å². The van der Waals surface area contributed by atoms with E-state index in [-0.39, 0.29) is 29.5 Å². The molecule has 0 saturated carbocycles. The van der Waals surface area contributed by atoms with Crippen molar-refractivity contribution in [3.63, 3.8) is 0 Å². The molecule has 156 valence electrons. The first-order chi connectivity index (χ1) is 12.3. The molecule has 0 saturated heterocycles. The summed E-state index contributed by atoms with van der Waals surface area (Å²) >= 11 is 0. The molecule has 6 nitrogen and oxygen atoms in total. The molecule has 0 aliphatic heterocycles. The molecule has 0 spiro atoms. The van der Waals surface area contributed by atoms with Gasteiger partial charge in [-0.25, -0.2) is 0 Å². The first-order valence-electron chi connectivity index (χ1n) is 9.33. The lowest BCUT2D eigenvalue weighted by atomic mass is 10.1. The number of rotatable bonds is 9. The molecule has 0 heterocycles. The first-order valence-corrected chi connectivity index (χ1v) is 9.33. The summed E-state index contributed by atoms with van der Waals surface area (Å²) in [5.74, 6) is 2.30. The number of benzene rings is 1. The SMILES string of the molecule is CCN(CC)CCOc1ccc(CNC(=NC)NC(C)(C)C)cc1OC.I. The Hall–Kier alpha value is -1.22. The Morgan fingerprint density at radius 2 is 1.81 bits per heavy atom. The molecule has 0 amide bonds. The van der Waals surface area contributed by atoms with Crippen LogP contribution in [0.5, 0.6) is 11.5 Å². The third-order valence-electron chi connectivity index (χ3n) is 3.96. The van der Waals surface area contributed by atoms with E-state index in [9.17, 15) is 0 Å². The van der Waals surface area contributed by atoms with Gasteiger partial charge in [0.25, 0.3) is 0 Å². The Morgan fingerprint density at radius 1 is 1.15 bits per heavy atom. The average molecular weight is 492 g/mol. The molecule has 0 atom stereocenters. The number of aliphatic imine (C=N–C) groups is 1. The van der Waals surface area contributed by atoms with Crippen LogP contribution >= 0.6 is 24.0 Å². The third-order valence-corrected chi connectivity index (χ3v) is 3.96. The van der Waals surface area contributed by atoms with Gasteiger partial charge in [0.15, 0.2) is 17.5 Å². The lowest BCUT2D eigenvalue weighted by molar-refractivity contribution is 0.217. The highest BCUT2D eigenvalue weighted by molar-refractivity contribution is 14.0. The van der Waals surface area contributed by atoms with Crippen LogP contribution in [-0.2, 0) is 6.54 Å². The Morgan fingerprint density at radius 3 is 2.33 bits per heavy atom. The van der Waals surface area contributed by atoms with Gasteiger partial charge >= 0.3 is 0 Å². The number of nitrogens with zero attached hydrogens (tertiary/aromatic N) is 2. The van der Waals surface area contributed by atoms with Gasteiger partial charge in [0.1, 0.15) is 6.61 Å². The van der Waals surface area contributed by atoms with E-state index in [2.05, 4.69) is 55.1 Å². The average Bonchev–Trinajstić information content (AvgIpc) is 2.61.